The Labute approximate surface area is 82.8 Å². The van der Waals surface area contributed by atoms with Crippen LogP contribution in [0.25, 0.3) is 0 Å². The lowest BCUT2D eigenvalue weighted by Crippen LogP contribution is -2.14. The fraction of sp³-hybridized carbons (Fsp3) is 0.778. The highest BCUT2D eigenvalue weighted by molar-refractivity contribution is 5.02. The van der Waals surface area contributed by atoms with Crippen molar-refractivity contribution in [3.63, 3.8) is 0 Å². The molecule has 2 rings (SSSR count). The molecule has 1 heterocycles. The first-order chi connectivity index (χ1) is 6.90. The quantitative estimate of drug-likeness (QED) is 0.680. The summed E-state index contributed by atoms with van der Waals surface area (Å²) in [6.45, 7) is 1.92. The van der Waals surface area contributed by atoms with E-state index in [1.54, 1.807) is 0 Å². The molecule has 0 amide bonds. The van der Waals surface area contributed by atoms with E-state index >= 15 is 0 Å². The van der Waals surface area contributed by atoms with Crippen molar-refractivity contribution in [2.75, 3.05) is 20.2 Å². The molecule has 14 heavy (non-hydrogen) atoms. The van der Waals surface area contributed by atoms with E-state index in [1.807, 2.05) is 7.05 Å². The maximum atomic E-state index is 5.31. The van der Waals surface area contributed by atoms with Crippen molar-refractivity contribution in [3.05, 3.63) is 11.7 Å². The van der Waals surface area contributed by atoms with Gasteiger partial charge in [0.2, 0.25) is 0 Å². The van der Waals surface area contributed by atoms with E-state index in [9.17, 15) is 0 Å². The van der Waals surface area contributed by atoms with Gasteiger partial charge in [0.15, 0.2) is 5.82 Å². The minimum Gasteiger partial charge on any atom is -0.370 e. The largest absolute Gasteiger partial charge is 0.370 e. The first-order valence-corrected chi connectivity index (χ1v) is 4.95. The summed E-state index contributed by atoms with van der Waals surface area (Å²) in [7, 11) is 1.89. The van der Waals surface area contributed by atoms with E-state index in [2.05, 4.69) is 15.5 Å². The average Bonchev–Trinajstić information content (AvgIpc) is 2.94. The molecule has 5 nitrogen and oxygen atoms in total. The van der Waals surface area contributed by atoms with Crippen molar-refractivity contribution in [1.29, 1.82) is 0 Å². The summed E-state index contributed by atoms with van der Waals surface area (Å²) in [6, 6.07) is 0. The predicted octanol–water partition coefficient (Wildman–Crippen LogP) is 0.683. The summed E-state index contributed by atoms with van der Waals surface area (Å²) in [5, 5.41) is 6.89. The number of aromatic nitrogens is 2. The van der Waals surface area contributed by atoms with Crippen LogP contribution in [0, 0.1) is 0 Å². The summed E-state index contributed by atoms with van der Waals surface area (Å²) >= 11 is 0. The van der Waals surface area contributed by atoms with E-state index < -0.39 is 0 Å². The lowest BCUT2D eigenvalue weighted by molar-refractivity contribution is 0.100. The Morgan fingerprint density at radius 3 is 3.14 bits per heavy atom. The fourth-order valence-electron chi connectivity index (χ4n) is 1.17. The first kappa shape index (κ1) is 9.61. The number of rotatable bonds is 6. The van der Waals surface area contributed by atoms with Crippen LogP contribution >= 0.6 is 0 Å². The molecule has 0 aliphatic heterocycles. The van der Waals surface area contributed by atoms with Crippen LogP contribution in [0.2, 0.25) is 0 Å². The second kappa shape index (κ2) is 4.52. The SMILES string of the molecule is CNCCOCc1nc(C2CC2)no1. The molecule has 0 saturated heterocycles. The van der Waals surface area contributed by atoms with Gasteiger partial charge in [-0.3, -0.25) is 0 Å². The monoisotopic (exact) mass is 197 g/mol. The van der Waals surface area contributed by atoms with Gasteiger partial charge in [-0.25, -0.2) is 0 Å². The van der Waals surface area contributed by atoms with Crippen LogP contribution in [0.4, 0.5) is 0 Å². The molecule has 1 aliphatic rings. The number of ether oxygens (including phenoxy) is 1. The number of hydrogen-bond acceptors (Lipinski definition) is 5. The van der Waals surface area contributed by atoms with Crippen molar-refractivity contribution < 1.29 is 9.26 Å². The zero-order valence-corrected chi connectivity index (χ0v) is 8.32. The van der Waals surface area contributed by atoms with Crippen LogP contribution in [0.5, 0.6) is 0 Å². The number of nitrogens with zero attached hydrogens (tertiary/aromatic N) is 2. The molecule has 1 fully saturated rings. The Hall–Kier alpha value is -0.940. The number of likely N-dealkylation sites (N-methyl/N-ethyl adjacent to an activating group) is 1. The van der Waals surface area contributed by atoms with Gasteiger partial charge < -0.3 is 14.6 Å². The molecule has 0 aromatic carbocycles. The molecular formula is C9H15N3O2. The summed E-state index contributed by atoms with van der Waals surface area (Å²) in [4.78, 5) is 4.25. The van der Waals surface area contributed by atoms with E-state index in [-0.39, 0.29) is 0 Å². The van der Waals surface area contributed by atoms with E-state index in [0.717, 1.165) is 12.4 Å². The highest BCUT2D eigenvalue weighted by Gasteiger charge is 2.28. The van der Waals surface area contributed by atoms with Gasteiger partial charge in [-0.1, -0.05) is 5.16 Å². The Bertz CT molecular complexity index is 283. The van der Waals surface area contributed by atoms with E-state index in [0.29, 0.717) is 25.0 Å². The molecule has 0 atom stereocenters. The van der Waals surface area contributed by atoms with Crippen molar-refractivity contribution in [3.8, 4) is 0 Å². The Morgan fingerprint density at radius 2 is 2.43 bits per heavy atom. The second-order valence-electron chi connectivity index (χ2n) is 3.48. The fourth-order valence-corrected chi connectivity index (χ4v) is 1.17. The minimum absolute atomic E-state index is 0.418. The molecule has 1 aromatic rings. The molecule has 1 saturated carbocycles. The van der Waals surface area contributed by atoms with Crippen molar-refractivity contribution in [2.24, 2.45) is 0 Å². The normalized spacial score (nSPS) is 16.1. The van der Waals surface area contributed by atoms with Gasteiger partial charge in [-0.15, -0.1) is 0 Å². The number of nitrogens with one attached hydrogen (secondary N) is 1. The van der Waals surface area contributed by atoms with Gasteiger partial charge in [0, 0.05) is 12.5 Å². The van der Waals surface area contributed by atoms with Crippen molar-refractivity contribution >= 4 is 0 Å². The first-order valence-electron chi connectivity index (χ1n) is 4.95. The average molecular weight is 197 g/mol. The third-order valence-electron chi connectivity index (χ3n) is 2.15. The van der Waals surface area contributed by atoms with Gasteiger partial charge in [-0.05, 0) is 19.9 Å². The summed E-state index contributed by atoms with van der Waals surface area (Å²) in [6.07, 6.45) is 2.39. The third kappa shape index (κ3) is 2.52. The zero-order valence-electron chi connectivity index (χ0n) is 8.32. The van der Waals surface area contributed by atoms with Crippen molar-refractivity contribution in [2.45, 2.75) is 25.4 Å². The summed E-state index contributed by atoms with van der Waals surface area (Å²) < 4.78 is 10.4. The second-order valence-corrected chi connectivity index (χ2v) is 3.48. The number of hydrogen-bond donors (Lipinski definition) is 1. The third-order valence-corrected chi connectivity index (χ3v) is 2.15. The molecule has 1 N–H and O–H groups in total. The standard InChI is InChI=1S/C9H15N3O2/c1-10-4-5-13-6-8-11-9(12-14-8)7-2-3-7/h7,10H,2-6H2,1H3. The molecule has 0 spiro atoms. The predicted molar refractivity (Wildman–Crippen MR) is 49.9 cm³/mol. The maximum absolute atomic E-state index is 5.31. The van der Waals surface area contributed by atoms with Crippen LogP contribution in [-0.2, 0) is 11.3 Å². The topological polar surface area (TPSA) is 60.2 Å². The smallest absolute Gasteiger partial charge is 0.252 e. The van der Waals surface area contributed by atoms with Crippen LogP contribution in [0.1, 0.15) is 30.5 Å². The molecule has 5 heteroatoms. The highest BCUT2D eigenvalue weighted by atomic mass is 16.5. The Kier molecular flexibility index (Phi) is 3.10. The van der Waals surface area contributed by atoms with Crippen molar-refractivity contribution in [1.82, 2.24) is 15.5 Å². The van der Waals surface area contributed by atoms with E-state index in [4.69, 9.17) is 9.26 Å². The maximum Gasteiger partial charge on any atom is 0.252 e. The molecule has 78 valence electrons. The van der Waals surface area contributed by atoms with Gasteiger partial charge in [0.1, 0.15) is 6.61 Å². The van der Waals surface area contributed by atoms with Crippen LogP contribution in [-0.4, -0.2) is 30.3 Å². The minimum atomic E-state index is 0.418. The lowest BCUT2D eigenvalue weighted by atomic mass is 10.4. The molecule has 0 radical (unpaired) electrons. The molecule has 0 unspecified atom stereocenters. The molecular weight excluding hydrogens is 182 g/mol. The zero-order chi connectivity index (χ0) is 9.80. The van der Waals surface area contributed by atoms with E-state index in [1.165, 1.54) is 12.8 Å². The van der Waals surface area contributed by atoms with Gasteiger partial charge >= 0.3 is 0 Å². The van der Waals surface area contributed by atoms with Gasteiger partial charge in [0.25, 0.3) is 5.89 Å². The van der Waals surface area contributed by atoms with Crippen LogP contribution in [0.3, 0.4) is 0 Å². The Balaban J connectivity index is 1.72. The van der Waals surface area contributed by atoms with Gasteiger partial charge in [-0.2, -0.15) is 4.98 Å². The Morgan fingerprint density at radius 1 is 1.57 bits per heavy atom. The molecule has 1 aliphatic carbocycles. The lowest BCUT2D eigenvalue weighted by Gasteiger charge is -1.98. The summed E-state index contributed by atoms with van der Waals surface area (Å²) in [5.74, 6) is 1.98. The van der Waals surface area contributed by atoms with Crippen LogP contribution < -0.4 is 5.32 Å². The summed E-state index contributed by atoms with van der Waals surface area (Å²) in [5.41, 5.74) is 0. The highest BCUT2D eigenvalue weighted by Crippen LogP contribution is 2.38. The van der Waals surface area contributed by atoms with Crippen LogP contribution in [0.15, 0.2) is 4.52 Å². The van der Waals surface area contributed by atoms with Gasteiger partial charge in [0.05, 0.1) is 6.61 Å². The molecule has 1 aromatic heterocycles. The molecule has 0 bridgehead atoms.